The molecule has 2 aromatic carbocycles. The van der Waals surface area contributed by atoms with E-state index >= 15 is 0 Å². The average Bonchev–Trinajstić information content (AvgIpc) is 2.81. The van der Waals surface area contributed by atoms with E-state index in [1.807, 2.05) is 83.1 Å². The fourth-order valence-corrected chi connectivity index (χ4v) is 3.97. The number of nitrogens with zero attached hydrogens (tertiary/aromatic N) is 4. The molecular weight excluding hydrogens is 412 g/mol. The van der Waals surface area contributed by atoms with Gasteiger partial charge in [0.15, 0.2) is 0 Å². The van der Waals surface area contributed by atoms with Crippen molar-refractivity contribution in [3.05, 3.63) is 65.2 Å². The summed E-state index contributed by atoms with van der Waals surface area (Å²) in [5.41, 5.74) is 3.45. The standard InChI is InChI=1S/C27H32N4O2/c1-19(16-28)21-6-8-23(9-7-21)25-18-30(14-15-31(25)26(32)33-27(3,4)5)24-12-10-22(11-13-24)20(2)17-29/h6-13,19-20,25H,14-15,18H2,1-5H3. The summed E-state index contributed by atoms with van der Waals surface area (Å²) in [6.07, 6.45) is -0.320. The normalized spacial score (nSPS) is 18.1. The summed E-state index contributed by atoms with van der Waals surface area (Å²) in [5.74, 6) is -0.330. The molecule has 1 aliphatic heterocycles. The third-order valence-corrected chi connectivity index (χ3v) is 5.98. The van der Waals surface area contributed by atoms with Crippen LogP contribution < -0.4 is 4.90 Å². The predicted molar refractivity (Wildman–Crippen MR) is 129 cm³/mol. The Kier molecular flexibility index (Phi) is 7.29. The maximum atomic E-state index is 13.0. The summed E-state index contributed by atoms with van der Waals surface area (Å²) in [7, 11) is 0. The summed E-state index contributed by atoms with van der Waals surface area (Å²) in [6.45, 7) is 11.2. The number of carbonyl (C=O) groups excluding carboxylic acids is 1. The Morgan fingerprint density at radius 3 is 1.94 bits per heavy atom. The average molecular weight is 445 g/mol. The van der Waals surface area contributed by atoms with Crippen molar-refractivity contribution in [1.29, 1.82) is 10.5 Å². The molecule has 1 fully saturated rings. The molecule has 2 aromatic rings. The minimum atomic E-state index is -0.571. The maximum Gasteiger partial charge on any atom is 0.410 e. The first kappa shape index (κ1) is 24.1. The van der Waals surface area contributed by atoms with E-state index in [2.05, 4.69) is 17.0 Å². The van der Waals surface area contributed by atoms with Crippen LogP contribution in [-0.2, 0) is 4.74 Å². The van der Waals surface area contributed by atoms with Gasteiger partial charge in [-0.15, -0.1) is 0 Å². The monoisotopic (exact) mass is 444 g/mol. The number of benzene rings is 2. The predicted octanol–water partition coefficient (Wildman–Crippen LogP) is 5.74. The van der Waals surface area contributed by atoms with E-state index in [9.17, 15) is 15.3 Å². The number of piperazine rings is 1. The van der Waals surface area contributed by atoms with Gasteiger partial charge in [0.05, 0.1) is 30.0 Å². The molecule has 0 N–H and O–H groups in total. The molecule has 172 valence electrons. The second-order valence-corrected chi connectivity index (χ2v) is 9.60. The van der Waals surface area contributed by atoms with E-state index in [1.54, 1.807) is 4.90 Å². The molecule has 0 bridgehead atoms. The van der Waals surface area contributed by atoms with E-state index in [1.165, 1.54) is 0 Å². The topological polar surface area (TPSA) is 80.4 Å². The molecule has 6 heteroatoms. The van der Waals surface area contributed by atoms with Gasteiger partial charge in [0.1, 0.15) is 5.60 Å². The zero-order valence-corrected chi connectivity index (χ0v) is 20.1. The molecule has 1 amide bonds. The van der Waals surface area contributed by atoms with Crippen LogP contribution in [0.25, 0.3) is 0 Å². The summed E-state index contributed by atoms with van der Waals surface area (Å²) in [6, 6.07) is 20.4. The highest BCUT2D eigenvalue weighted by molar-refractivity contribution is 5.69. The smallest absolute Gasteiger partial charge is 0.410 e. The van der Waals surface area contributed by atoms with Gasteiger partial charge in [0.2, 0.25) is 0 Å². The summed E-state index contributed by atoms with van der Waals surface area (Å²) in [4.78, 5) is 17.1. The SMILES string of the molecule is CC(C#N)c1ccc(C2CN(c3ccc(C(C)C#N)cc3)CCN2C(=O)OC(C)(C)C)cc1. The van der Waals surface area contributed by atoms with Crippen LogP contribution in [0.2, 0.25) is 0 Å². The molecule has 1 saturated heterocycles. The highest BCUT2D eigenvalue weighted by atomic mass is 16.6. The molecule has 33 heavy (non-hydrogen) atoms. The number of ether oxygens (including phenoxy) is 1. The Hall–Kier alpha value is -3.51. The van der Waals surface area contributed by atoms with Crippen molar-refractivity contribution in [1.82, 2.24) is 4.90 Å². The molecule has 0 spiro atoms. The van der Waals surface area contributed by atoms with Gasteiger partial charge in [-0.05, 0) is 63.4 Å². The van der Waals surface area contributed by atoms with Gasteiger partial charge in [0, 0.05) is 25.3 Å². The van der Waals surface area contributed by atoms with Crippen LogP contribution in [0.5, 0.6) is 0 Å². The maximum absolute atomic E-state index is 13.0. The first-order valence-electron chi connectivity index (χ1n) is 11.4. The lowest BCUT2D eigenvalue weighted by Gasteiger charge is -2.43. The van der Waals surface area contributed by atoms with E-state index < -0.39 is 5.60 Å². The molecule has 3 unspecified atom stereocenters. The Bertz CT molecular complexity index is 1040. The minimum absolute atomic E-state index is 0.148. The van der Waals surface area contributed by atoms with Crippen LogP contribution >= 0.6 is 0 Å². The zero-order chi connectivity index (χ0) is 24.2. The Morgan fingerprint density at radius 2 is 1.45 bits per heavy atom. The molecule has 0 saturated carbocycles. The number of anilines is 1. The zero-order valence-electron chi connectivity index (χ0n) is 20.1. The minimum Gasteiger partial charge on any atom is -0.444 e. The lowest BCUT2D eigenvalue weighted by Crippen LogP contribution is -2.52. The number of hydrogen-bond donors (Lipinski definition) is 0. The Balaban J connectivity index is 1.88. The largest absolute Gasteiger partial charge is 0.444 e. The van der Waals surface area contributed by atoms with Gasteiger partial charge < -0.3 is 9.64 Å². The fourth-order valence-electron chi connectivity index (χ4n) is 3.97. The second-order valence-electron chi connectivity index (χ2n) is 9.60. The van der Waals surface area contributed by atoms with Crippen LogP contribution in [0.4, 0.5) is 10.5 Å². The van der Waals surface area contributed by atoms with Gasteiger partial charge in [0.25, 0.3) is 0 Å². The summed E-state index contributed by atoms with van der Waals surface area (Å²) < 4.78 is 5.70. The van der Waals surface area contributed by atoms with Gasteiger partial charge in [-0.25, -0.2) is 4.79 Å². The first-order valence-corrected chi connectivity index (χ1v) is 11.4. The van der Waals surface area contributed by atoms with Crippen LogP contribution in [0.3, 0.4) is 0 Å². The Morgan fingerprint density at radius 1 is 0.939 bits per heavy atom. The van der Waals surface area contributed by atoms with E-state index in [0.29, 0.717) is 19.6 Å². The molecule has 6 nitrogen and oxygen atoms in total. The second kappa shape index (κ2) is 9.96. The molecule has 0 aromatic heterocycles. The molecule has 0 radical (unpaired) electrons. The fraction of sp³-hybridized carbons (Fsp3) is 0.444. The van der Waals surface area contributed by atoms with E-state index in [4.69, 9.17) is 4.74 Å². The van der Waals surface area contributed by atoms with Crippen LogP contribution in [0.15, 0.2) is 48.5 Å². The molecule has 1 heterocycles. The van der Waals surface area contributed by atoms with Crippen molar-refractivity contribution in [3.63, 3.8) is 0 Å². The molecular formula is C27H32N4O2. The number of rotatable bonds is 4. The van der Waals surface area contributed by atoms with Crippen molar-refractivity contribution in [2.45, 2.75) is 58.1 Å². The first-order chi connectivity index (χ1) is 15.6. The van der Waals surface area contributed by atoms with Gasteiger partial charge in [-0.2, -0.15) is 10.5 Å². The van der Waals surface area contributed by atoms with Gasteiger partial charge in [-0.1, -0.05) is 36.4 Å². The summed E-state index contributed by atoms with van der Waals surface area (Å²) in [5, 5.41) is 18.4. The third kappa shape index (κ3) is 5.84. The van der Waals surface area contributed by atoms with Crippen molar-refractivity contribution in [2.75, 3.05) is 24.5 Å². The molecule has 3 atom stereocenters. The van der Waals surface area contributed by atoms with Crippen molar-refractivity contribution < 1.29 is 9.53 Å². The lowest BCUT2D eigenvalue weighted by atomic mass is 9.96. The number of amides is 1. The van der Waals surface area contributed by atoms with Crippen LogP contribution in [0.1, 0.15) is 69.2 Å². The molecule has 3 rings (SSSR count). The third-order valence-electron chi connectivity index (χ3n) is 5.98. The lowest BCUT2D eigenvalue weighted by molar-refractivity contribution is 0.0137. The van der Waals surface area contributed by atoms with Crippen LogP contribution in [-0.4, -0.2) is 36.2 Å². The van der Waals surface area contributed by atoms with E-state index in [-0.39, 0.29) is 24.0 Å². The highest BCUT2D eigenvalue weighted by Crippen LogP contribution is 2.31. The van der Waals surface area contributed by atoms with Crippen molar-refractivity contribution >= 4 is 11.8 Å². The quantitative estimate of drug-likeness (QED) is 0.601. The van der Waals surface area contributed by atoms with E-state index in [0.717, 1.165) is 22.4 Å². The van der Waals surface area contributed by atoms with Crippen LogP contribution in [0, 0.1) is 22.7 Å². The number of hydrogen-bond acceptors (Lipinski definition) is 5. The van der Waals surface area contributed by atoms with Gasteiger partial charge in [-0.3, -0.25) is 4.90 Å². The van der Waals surface area contributed by atoms with Crippen molar-refractivity contribution in [2.24, 2.45) is 0 Å². The molecule has 0 aliphatic carbocycles. The van der Waals surface area contributed by atoms with Crippen molar-refractivity contribution in [3.8, 4) is 12.1 Å². The summed E-state index contributed by atoms with van der Waals surface area (Å²) >= 11 is 0. The van der Waals surface area contributed by atoms with Gasteiger partial charge >= 0.3 is 6.09 Å². The molecule has 1 aliphatic rings. The Labute approximate surface area is 197 Å². The highest BCUT2D eigenvalue weighted by Gasteiger charge is 2.34. The number of carbonyl (C=O) groups is 1. The number of nitriles is 2.